The van der Waals surface area contributed by atoms with E-state index >= 15 is 0 Å². The molecule has 94 valence electrons. The lowest BCUT2D eigenvalue weighted by molar-refractivity contribution is 0.612. The second kappa shape index (κ2) is 5.87. The van der Waals surface area contributed by atoms with Gasteiger partial charge >= 0.3 is 0 Å². The average Bonchev–Trinajstić information content (AvgIpc) is 2.87. The maximum Gasteiger partial charge on any atom is 0.150 e. The summed E-state index contributed by atoms with van der Waals surface area (Å²) in [5.41, 5.74) is 2.60. The van der Waals surface area contributed by atoms with E-state index in [2.05, 4.69) is 34.4 Å². The van der Waals surface area contributed by atoms with Gasteiger partial charge in [-0.1, -0.05) is 6.07 Å². The molecule has 0 fully saturated rings. The fourth-order valence-corrected chi connectivity index (χ4v) is 2.83. The van der Waals surface area contributed by atoms with Gasteiger partial charge in [0, 0.05) is 32.3 Å². The molecule has 17 heavy (non-hydrogen) atoms. The molecule has 1 N–H and O–H groups in total. The van der Waals surface area contributed by atoms with Crippen LogP contribution >= 0.6 is 36.2 Å². The second-order valence-electron chi connectivity index (χ2n) is 3.79. The molecule has 1 aliphatic rings. The van der Waals surface area contributed by atoms with E-state index in [1.54, 1.807) is 11.3 Å². The molecule has 3 heterocycles. The molecule has 0 amide bonds. The van der Waals surface area contributed by atoms with E-state index in [4.69, 9.17) is 4.98 Å². The molecule has 0 spiro atoms. The molecule has 0 aromatic carbocycles. The number of nitrogens with one attached hydrogen (secondary N) is 1. The van der Waals surface area contributed by atoms with Gasteiger partial charge < -0.3 is 9.88 Å². The standard InChI is InChI=1S/C11H13N3S.2ClH/c1-14-9-4-5-12-7-8(9)13-11(14)10-3-2-6-15-10;;/h2-3,6,12H,4-5,7H2,1H3;2*1H. The Morgan fingerprint density at radius 3 is 2.88 bits per heavy atom. The Balaban J connectivity index is 0.000000722. The van der Waals surface area contributed by atoms with Gasteiger partial charge in [0.25, 0.3) is 0 Å². The van der Waals surface area contributed by atoms with Crippen molar-refractivity contribution in [3.63, 3.8) is 0 Å². The normalized spacial score (nSPS) is 13.5. The number of hydrogen-bond donors (Lipinski definition) is 1. The molecule has 0 atom stereocenters. The third-order valence-corrected chi connectivity index (χ3v) is 3.73. The Morgan fingerprint density at radius 1 is 1.41 bits per heavy atom. The van der Waals surface area contributed by atoms with Crippen LogP contribution < -0.4 is 5.32 Å². The first-order valence-electron chi connectivity index (χ1n) is 5.15. The van der Waals surface area contributed by atoms with Crippen molar-refractivity contribution in [2.24, 2.45) is 7.05 Å². The van der Waals surface area contributed by atoms with Gasteiger partial charge in [-0.3, -0.25) is 0 Å². The molecule has 3 nitrogen and oxygen atoms in total. The number of imidazole rings is 1. The van der Waals surface area contributed by atoms with Crippen molar-refractivity contribution in [2.45, 2.75) is 13.0 Å². The zero-order chi connectivity index (χ0) is 10.3. The maximum atomic E-state index is 4.70. The van der Waals surface area contributed by atoms with E-state index in [1.807, 2.05) is 0 Å². The van der Waals surface area contributed by atoms with Crippen molar-refractivity contribution >= 4 is 36.2 Å². The molecule has 0 saturated carbocycles. The van der Waals surface area contributed by atoms with Gasteiger partial charge in [0.1, 0.15) is 5.82 Å². The molecule has 3 rings (SSSR count). The summed E-state index contributed by atoms with van der Waals surface area (Å²) in [6.45, 7) is 1.98. The Bertz CT molecular complexity index is 479. The summed E-state index contributed by atoms with van der Waals surface area (Å²) in [6.07, 6.45) is 1.09. The van der Waals surface area contributed by atoms with E-state index in [0.717, 1.165) is 25.3 Å². The lowest BCUT2D eigenvalue weighted by Crippen LogP contribution is -2.24. The van der Waals surface area contributed by atoms with E-state index < -0.39 is 0 Å². The first kappa shape index (κ1) is 14.5. The van der Waals surface area contributed by atoms with E-state index in [1.165, 1.54) is 16.3 Å². The zero-order valence-corrected chi connectivity index (χ0v) is 11.9. The van der Waals surface area contributed by atoms with Crippen molar-refractivity contribution in [3.05, 3.63) is 28.9 Å². The second-order valence-corrected chi connectivity index (χ2v) is 4.74. The lowest BCUT2D eigenvalue weighted by atomic mass is 10.2. The molecule has 0 radical (unpaired) electrons. The van der Waals surface area contributed by atoms with Gasteiger partial charge in [0.2, 0.25) is 0 Å². The molecule has 1 aliphatic heterocycles. The summed E-state index contributed by atoms with van der Waals surface area (Å²) in [5, 5.41) is 5.45. The Labute approximate surface area is 117 Å². The van der Waals surface area contributed by atoms with Crippen LogP contribution in [-0.4, -0.2) is 16.1 Å². The predicted molar refractivity (Wildman–Crippen MR) is 76.4 cm³/mol. The monoisotopic (exact) mass is 291 g/mol. The van der Waals surface area contributed by atoms with Gasteiger partial charge in [-0.05, 0) is 11.4 Å². The van der Waals surface area contributed by atoms with Crippen LogP contribution in [0.5, 0.6) is 0 Å². The van der Waals surface area contributed by atoms with Gasteiger partial charge in [-0.2, -0.15) is 0 Å². The first-order valence-corrected chi connectivity index (χ1v) is 6.03. The molecule has 2 aromatic heterocycles. The summed E-state index contributed by atoms with van der Waals surface area (Å²) in [4.78, 5) is 5.96. The molecular weight excluding hydrogens is 277 g/mol. The van der Waals surface area contributed by atoms with Gasteiger partial charge in [0.05, 0.1) is 10.6 Å². The van der Waals surface area contributed by atoms with Crippen LogP contribution in [0.1, 0.15) is 11.4 Å². The van der Waals surface area contributed by atoms with E-state index in [9.17, 15) is 0 Å². The summed E-state index contributed by atoms with van der Waals surface area (Å²) < 4.78 is 2.24. The van der Waals surface area contributed by atoms with E-state index in [-0.39, 0.29) is 24.8 Å². The van der Waals surface area contributed by atoms with E-state index in [0.29, 0.717) is 0 Å². The molecule has 0 aliphatic carbocycles. The zero-order valence-electron chi connectivity index (χ0n) is 9.47. The quantitative estimate of drug-likeness (QED) is 0.875. The average molecular weight is 292 g/mol. The summed E-state index contributed by atoms with van der Waals surface area (Å²) in [7, 11) is 2.12. The number of fused-ring (bicyclic) bond motifs is 1. The smallest absolute Gasteiger partial charge is 0.150 e. The highest BCUT2D eigenvalue weighted by Gasteiger charge is 2.18. The molecule has 6 heteroatoms. The highest BCUT2D eigenvalue weighted by Crippen LogP contribution is 2.26. The largest absolute Gasteiger partial charge is 0.330 e. The van der Waals surface area contributed by atoms with Crippen LogP contribution in [0.25, 0.3) is 10.7 Å². The Morgan fingerprint density at radius 2 is 2.24 bits per heavy atom. The number of hydrogen-bond acceptors (Lipinski definition) is 3. The fourth-order valence-electron chi connectivity index (χ4n) is 2.08. The van der Waals surface area contributed by atoms with Crippen LogP contribution in [-0.2, 0) is 20.0 Å². The fraction of sp³-hybridized carbons (Fsp3) is 0.364. The van der Waals surface area contributed by atoms with Crippen molar-refractivity contribution < 1.29 is 0 Å². The summed E-state index contributed by atoms with van der Waals surface area (Å²) in [5.74, 6) is 1.11. The molecule has 0 bridgehead atoms. The minimum absolute atomic E-state index is 0. The van der Waals surface area contributed by atoms with Crippen molar-refractivity contribution in [1.29, 1.82) is 0 Å². The third-order valence-electron chi connectivity index (χ3n) is 2.87. The van der Waals surface area contributed by atoms with Crippen LogP contribution in [0, 0.1) is 0 Å². The van der Waals surface area contributed by atoms with Crippen molar-refractivity contribution in [2.75, 3.05) is 6.54 Å². The highest BCUT2D eigenvalue weighted by molar-refractivity contribution is 7.13. The van der Waals surface area contributed by atoms with Gasteiger partial charge in [-0.25, -0.2) is 4.98 Å². The summed E-state index contributed by atoms with van der Waals surface area (Å²) >= 11 is 1.75. The molecule has 0 unspecified atom stereocenters. The van der Waals surface area contributed by atoms with Crippen LogP contribution in [0.3, 0.4) is 0 Å². The topological polar surface area (TPSA) is 29.9 Å². The van der Waals surface area contributed by atoms with Crippen LogP contribution in [0.2, 0.25) is 0 Å². The Hall–Kier alpha value is -0.550. The number of nitrogens with zero attached hydrogens (tertiary/aromatic N) is 2. The predicted octanol–water partition coefficient (Wildman–Crippen LogP) is 2.64. The van der Waals surface area contributed by atoms with Gasteiger partial charge in [-0.15, -0.1) is 36.2 Å². The lowest BCUT2D eigenvalue weighted by Gasteiger charge is -2.12. The number of thiophene rings is 1. The number of halogens is 2. The first-order chi connectivity index (χ1) is 7.36. The van der Waals surface area contributed by atoms with Gasteiger partial charge in [0.15, 0.2) is 0 Å². The maximum absolute atomic E-state index is 4.70. The minimum atomic E-state index is 0. The third kappa shape index (κ3) is 2.50. The molecule has 0 saturated heterocycles. The molecular formula is C11H15Cl2N3S. The number of rotatable bonds is 1. The van der Waals surface area contributed by atoms with Crippen LogP contribution in [0.4, 0.5) is 0 Å². The minimum Gasteiger partial charge on any atom is -0.330 e. The highest BCUT2D eigenvalue weighted by atomic mass is 35.5. The Kier molecular flexibility index (Phi) is 5.01. The number of aromatic nitrogens is 2. The molecule has 2 aromatic rings. The van der Waals surface area contributed by atoms with Crippen molar-refractivity contribution in [3.8, 4) is 10.7 Å². The SMILES string of the molecule is Cl.Cl.Cn1c(-c2cccs2)nc2c1CCNC2. The summed E-state index contributed by atoms with van der Waals surface area (Å²) in [6, 6.07) is 4.21. The van der Waals surface area contributed by atoms with Crippen LogP contribution in [0.15, 0.2) is 17.5 Å². The van der Waals surface area contributed by atoms with Crippen molar-refractivity contribution in [1.82, 2.24) is 14.9 Å².